The van der Waals surface area contributed by atoms with Crippen LogP contribution in [0, 0.1) is 11.3 Å². The Kier molecular flexibility index (Phi) is 6.06. The van der Waals surface area contributed by atoms with E-state index in [1.807, 2.05) is 47.4 Å². The summed E-state index contributed by atoms with van der Waals surface area (Å²) in [6.07, 6.45) is -0.456. The summed E-state index contributed by atoms with van der Waals surface area (Å²) in [6.45, 7) is 0.795. The van der Waals surface area contributed by atoms with Gasteiger partial charge < -0.3 is 20.1 Å². The highest BCUT2D eigenvalue weighted by molar-refractivity contribution is 5.97. The summed E-state index contributed by atoms with van der Waals surface area (Å²) < 4.78 is 5.35. The number of methoxy groups -OCH3 is 1. The number of β-amino-alcohol motifs (C(OH)–C–C–N with tert-alkyl or cyclic N) is 1. The Bertz CT molecular complexity index is 1150. The van der Waals surface area contributed by atoms with Gasteiger partial charge in [0.15, 0.2) is 0 Å². The van der Waals surface area contributed by atoms with Crippen molar-refractivity contribution in [3.63, 3.8) is 0 Å². The number of rotatable bonds is 5. The van der Waals surface area contributed by atoms with Gasteiger partial charge in [-0.3, -0.25) is 4.79 Å². The van der Waals surface area contributed by atoms with Crippen LogP contribution in [-0.4, -0.2) is 42.3 Å². The zero-order valence-electron chi connectivity index (χ0n) is 17.7. The van der Waals surface area contributed by atoms with Crippen LogP contribution in [0.1, 0.15) is 28.0 Å². The second-order valence-electron chi connectivity index (χ2n) is 7.70. The number of nitrogens with one attached hydrogen (secondary N) is 1. The van der Waals surface area contributed by atoms with Crippen molar-refractivity contribution >= 4 is 11.7 Å². The van der Waals surface area contributed by atoms with E-state index >= 15 is 0 Å². The highest BCUT2D eigenvalue weighted by Crippen LogP contribution is 2.35. The van der Waals surface area contributed by atoms with Gasteiger partial charge in [-0.15, -0.1) is 0 Å². The van der Waals surface area contributed by atoms with Crippen LogP contribution in [0.2, 0.25) is 0 Å². The van der Waals surface area contributed by atoms with E-state index in [0.29, 0.717) is 35.8 Å². The number of nitrogens with zero attached hydrogens (tertiary/aromatic N) is 3. The number of anilines is 1. The maximum Gasteiger partial charge on any atom is 0.255 e. The highest BCUT2D eigenvalue weighted by Gasteiger charge is 2.45. The van der Waals surface area contributed by atoms with E-state index in [1.165, 1.54) is 7.11 Å². The number of ether oxygens (including phenoxy) is 1. The monoisotopic (exact) mass is 428 g/mol. The minimum Gasteiger partial charge on any atom is -0.496 e. The SMILES string of the molecule is COc1ccccc1C(=O)N[C@]1(c2ccccc2)CCN(c2cccc(C#N)n2)C[C@H]1O. The molecule has 0 saturated carbocycles. The van der Waals surface area contributed by atoms with E-state index in [4.69, 9.17) is 10.00 Å². The van der Waals surface area contributed by atoms with Crippen molar-refractivity contribution in [2.45, 2.75) is 18.1 Å². The minimum atomic E-state index is -0.984. The Labute approximate surface area is 186 Å². The molecule has 2 aromatic carbocycles. The zero-order chi connectivity index (χ0) is 22.6. The molecule has 1 aromatic heterocycles. The van der Waals surface area contributed by atoms with Gasteiger partial charge >= 0.3 is 0 Å². The maximum atomic E-state index is 13.3. The highest BCUT2D eigenvalue weighted by atomic mass is 16.5. The number of para-hydroxylation sites is 1. The Morgan fingerprint density at radius 1 is 1.16 bits per heavy atom. The normalized spacial score (nSPS) is 20.3. The number of carbonyl (C=O) groups is 1. The molecule has 0 radical (unpaired) electrons. The molecule has 1 amide bonds. The van der Waals surface area contributed by atoms with Crippen LogP contribution in [0.25, 0.3) is 0 Å². The molecule has 162 valence electrons. The van der Waals surface area contributed by atoms with E-state index in [2.05, 4.69) is 10.3 Å². The summed E-state index contributed by atoms with van der Waals surface area (Å²) >= 11 is 0. The second kappa shape index (κ2) is 9.08. The Balaban J connectivity index is 1.66. The predicted octanol–water partition coefficient (Wildman–Crippen LogP) is 2.86. The fourth-order valence-electron chi connectivity index (χ4n) is 4.20. The Hall–Kier alpha value is -3.89. The average molecular weight is 428 g/mol. The maximum absolute atomic E-state index is 13.3. The number of aliphatic hydroxyl groups excluding tert-OH is 1. The standard InChI is InChI=1S/C25H24N4O3/c1-32-21-12-6-5-11-20(21)24(31)28-25(18-8-3-2-4-9-18)14-15-29(17-22(25)30)23-13-7-10-19(16-26)27-23/h2-13,22,30H,14-15,17H2,1H3,(H,28,31)/t22-,25+/m1/s1. The summed E-state index contributed by atoms with van der Waals surface area (Å²) in [5.74, 6) is 0.780. The zero-order valence-corrected chi connectivity index (χ0v) is 17.7. The number of aliphatic hydroxyl groups is 1. The number of hydrogen-bond acceptors (Lipinski definition) is 6. The molecule has 7 nitrogen and oxygen atoms in total. The van der Waals surface area contributed by atoms with Crippen molar-refractivity contribution in [3.8, 4) is 11.8 Å². The van der Waals surface area contributed by atoms with Gasteiger partial charge in [0, 0.05) is 13.1 Å². The molecule has 2 heterocycles. The summed E-state index contributed by atoms with van der Waals surface area (Å²) in [5.41, 5.74) is 0.571. The molecule has 0 bridgehead atoms. The van der Waals surface area contributed by atoms with E-state index in [-0.39, 0.29) is 12.5 Å². The van der Waals surface area contributed by atoms with Gasteiger partial charge in [-0.05, 0) is 36.2 Å². The molecular formula is C25H24N4O3. The number of carbonyl (C=O) groups excluding carboxylic acids is 1. The lowest BCUT2D eigenvalue weighted by molar-refractivity contribution is 0.0363. The van der Waals surface area contributed by atoms with Gasteiger partial charge in [0.2, 0.25) is 0 Å². The number of aromatic nitrogens is 1. The van der Waals surface area contributed by atoms with Crippen molar-refractivity contribution < 1.29 is 14.6 Å². The van der Waals surface area contributed by atoms with E-state index in [0.717, 1.165) is 5.56 Å². The smallest absolute Gasteiger partial charge is 0.255 e. The van der Waals surface area contributed by atoms with Gasteiger partial charge in [0.25, 0.3) is 5.91 Å². The van der Waals surface area contributed by atoms with Crippen LogP contribution in [0.15, 0.2) is 72.8 Å². The summed E-state index contributed by atoms with van der Waals surface area (Å²) in [7, 11) is 1.52. The second-order valence-corrected chi connectivity index (χ2v) is 7.70. The number of piperidine rings is 1. The van der Waals surface area contributed by atoms with Crippen LogP contribution in [0.3, 0.4) is 0 Å². The molecular weight excluding hydrogens is 404 g/mol. The Morgan fingerprint density at radius 3 is 2.62 bits per heavy atom. The third-order valence-electron chi connectivity index (χ3n) is 5.89. The quantitative estimate of drug-likeness (QED) is 0.649. The molecule has 1 aliphatic rings. The van der Waals surface area contributed by atoms with Gasteiger partial charge in [0.05, 0.1) is 24.3 Å². The first-order chi connectivity index (χ1) is 15.6. The molecule has 0 spiro atoms. The van der Waals surface area contributed by atoms with Gasteiger partial charge in [-0.1, -0.05) is 48.5 Å². The van der Waals surface area contributed by atoms with E-state index in [9.17, 15) is 9.90 Å². The molecule has 4 rings (SSSR count). The van der Waals surface area contributed by atoms with Crippen molar-refractivity contribution in [2.75, 3.05) is 25.1 Å². The fourth-order valence-corrected chi connectivity index (χ4v) is 4.20. The van der Waals surface area contributed by atoms with Crippen LogP contribution < -0.4 is 15.0 Å². The van der Waals surface area contributed by atoms with E-state index in [1.54, 1.807) is 36.4 Å². The number of benzene rings is 2. The molecule has 2 atom stereocenters. The van der Waals surface area contributed by atoms with Crippen LogP contribution in [-0.2, 0) is 5.54 Å². The topological polar surface area (TPSA) is 98.5 Å². The van der Waals surface area contributed by atoms with Crippen molar-refractivity contribution in [3.05, 3.63) is 89.6 Å². The van der Waals surface area contributed by atoms with Crippen molar-refractivity contribution in [2.24, 2.45) is 0 Å². The van der Waals surface area contributed by atoms with Gasteiger partial charge in [0.1, 0.15) is 23.3 Å². The fraction of sp³-hybridized carbons (Fsp3) is 0.240. The molecule has 0 unspecified atom stereocenters. The predicted molar refractivity (Wildman–Crippen MR) is 120 cm³/mol. The first kappa shape index (κ1) is 21.3. The summed E-state index contributed by atoms with van der Waals surface area (Å²) in [6, 6.07) is 23.8. The lowest BCUT2D eigenvalue weighted by Gasteiger charge is -2.46. The Morgan fingerprint density at radius 2 is 1.91 bits per heavy atom. The number of nitriles is 1. The first-order valence-electron chi connectivity index (χ1n) is 10.4. The van der Waals surface area contributed by atoms with Gasteiger partial charge in [-0.2, -0.15) is 5.26 Å². The van der Waals surface area contributed by atoms with Gasteiger partial charge in [-0.25, -0.2) is 4.98 Å². The molecule has 32 heavy (non-hydrogen) atoms. The molecule has 0 aliphatic carbocycles. The minimum absolute atomic E-state index is 0.253. The molecule has 7 heteroatoms. The van der Waals surface area contributed by atoms with Crippen molar-refractivity contribution in [1.82, 2.24) is 10.3 Å². The summed E-state index contributed by atoms with van der Waals surface area (Å²) in [5, 5.41) is 23.6. The van der Waals surface area contributed by atoms with Crippen molar-refractivity contribution in [1.29, 1.82) is 5.26 Å². The first-order valence-corrected chi connectivity index (χ1v) is 10.4. The molecule has 2 N–H and O–H groups in total. The average Bonchev–Trinajstić information content (AvgIpc) is 2.85. The molecule has 1 fully saturated rings. The van der Waals surface area contributed by atoms with Crippen LogP contribution >= 0.6 is 0 Å². The number of amides is 1. The largest absolute Gasteiger partial charge is 0.496 e. The molecule has 3 aromatic rings. The lowest BCUT2D eigenvalue weighted by Crippen LogP contribution is -2.62. The van der Waals surface area contributed by atoms with Crippen LogP contribution in [0.5, 0.6) is 5.75 Å². The lowest BCUT2D eigenvalue weighted by atomic mass is 9.78. The third kappa shape index (κ3) is 4.01. The molecule has 1 saturated heterocycles. The molecule has 1 aliphatic heterocycles. The van der Waals surface area contributed by atoms with Crippen LogP contribution in [0.4, 0.5) is 5.82 Å². The number of hydrogen-bond donors (Lipinski definition) is 2. The summed E-state index contributed by atoms with van der Waals surface area (Å²) in [4.78, 5) is 19.6. The third-order valence-corrected chi connectivity index (χ3v) is 5.89. The van der Waals surface area contributed by atoms with E-state index < -0.39 is 11.6 Å². The number of pyridine rings is 1.